The van der Waals surface area contributed by atoms with E-state index in [1.165, 1.54) is 0 Å². The Hall–Kier alpha value is 0.210. The second kappa shape index (κ2) is 6.33. The van der Waals surface area contributed by atoms with Crippen molar-refractivity contribution in [3.05, 3.63) is 0 Å². The van der Waals surface area contributed by atoms with Gasteiger partial charge in [-0.05, 0) is 6.42 Å². The summed E-state index contributed by atoms with van der Waals surface area (Å²) in [7, 11) is 0. The average molecular weight is 154 g/mol. The average Bonchev–Trinajstić information content (AvgIpc) is 1.84. The molecule has 0 aliphatic carbocycles. The van der Waals surface area contributed by atoms with Crippen LogP contribution in [0.5, 0.6) is 0 Å². The third kappa shape index (κ3) is 4.70. The van der Waals surface area contributed by atoms with Crippen LogP contribution in [0.3, 0.4) is 0 Å². The van der Waals surface area contributed by atoms with Crippen molar-refractivity contribution in [1.29, 1.82) is 0 Å². The van der Waals surface area contributed by atoms with Crippen molar-refractivity contribution in [2.75, 3.05) is 6.61 Å². The summed E-state index contributed by atoms with van der Waals surface area (Å²) in [6.07, 6.45) is 1.11. The number of halogens is 1. The van der Waals surface area contributed by atoms with Crippen LogP contribution < -0.4 is 18.1 Å². The number of aliphatic hydroxyl groups is 1. The highest BCUT2D eigenvalue weighted by molar-refractivity contribution is 4.57. The smallest absolute Gasteiger partial charge is 0.110 e. The molecule has 0 rings (SSSR count). The minimum absolute atomic E-state index is 0. The Labute approximate surface area is 62.9 Å². The topological polar surface area (TPSA) is 47.9 Å². The first-order chi connectivity index (χ1) is 3.72. The first-order valence-corrected chi connectivity index (χ1v) is 3.16. The second-order valence-electron chi connectivity index (χ2n) is 2.33. The molecule has 0 aromatic rings. The fraction of sp³-hybridized carbons (Fsp3) is 1.00. The van der Waals surface area contributed by atoms with Crippen LogP contribution in [0.1, 0.15) is 20.3 Å². The predicted octanol–water partition coefficient (Wildman–Crippen LogP) is -3.36. The van der Waals surface area contributed by atoms with Gasteiger partial charge in [-0.25, -0.2) is 0 Å². The Morgan fingerprint density at radius 2 is 2.00 bits per heavy atom. The Morgan fingerprint density at radius 1 is 1.56 bits per heavy atom. The van der Waals surface area contributed by atoms with Gasteiger partial charge in [0.25, 0.3) is 0 Å². The van der Waals surface area contributed by atoms with Crippen LogP contribution in [0.15, 0.2) is 0 Å². The first kappa shape index (κ1) is 11.9. The molecule has 9 heavy (non-hydrogen) atoms. The molecule has 0 aromatic carbocycles. The number of aliphatic hydroxyl groups excluding tert-OH is 1. The maximum Gasteiger partial charge on any atom is 0.110 e. The van der Waals surface area contributed by atoms with E-state index in [2.05, 4.69) is 19.6 Å². The van der Waals surface area contributed by atoms with E-state index in [1.807, 2.05) is 0 Å². The lowest BCUT2D eigenvalue weighted by molar-refractivity contribution is -0.437. The van der Waals surface area contributed by atoms with Crippen LogP contribution in [0, 0.1) is 5.92 Å². The molecule has 0 bridgehead atoms. The number of hydrogen-bond acceptors (Lipinski definition) is 1. The second-order valence-corrected chi connectivity index (χ2v) is 2.33. The molecule has 0 fully saturated rings. The molecule has 0 saturated carbocycles. The standard InChI is InChI=1S/C6H15NO.ClH/c1-3-5(2)6(7)4-8;/h5-6,8H,3-4,7H2,1-2H3;1H/t5?,6-;/m1./s1. The van der Waals surface area contributed by atoms with E-state index in [4.69, 9.17) is 5.11 Å². The van der Waals surface area contributed by atoms with Gasteiger partial charge in [-0.1, -0.05) is 13.8 Å². The lowest BCUT2D eigenvalue weighted by Crippen LogP contribution is -3.00. The van der Waals surface area contributed by atoms with Crippen molar-refractivity contribution >= 4 is 0 Å². The van der Waals surface area contributed by atoms with Gasteiger partial charge in [-0.15, -0.1) is 0 Å². The molecular formula is C6H16ClNO. The largest absolute Gasteiger partial charge is 1.00 e. The SMILES string of the molecule is CCC(C)[C@H]([NH3+])CO.[Cl-]. The molecule has 0 saturated heterocycles. The van der Waals surface area contributed by atoms with Gasteiger partial charge >= 0.3 is 0 Å². The summed E-state index contributed by atoms with van der Waals surface area (Å²) in [5.74, 6) is 0.556. The van der Waals surface area contributed by atoms with Crippen molar-refractivity contribution in [2.45, 2.75) is 26.3 Å². The van der Waals surface area contributed by atoms with E-state index in [0.717, 1.165) is 6.42 Å². The lowest BCUT2D eigenvalue weighted by atomic mass is 10.0. The molecule has 0 aromatic heterocycles. The third-order valence-corrected chi connectivity index (χ3v) is 1.68. The van der Waals surface area contributed by atoms with E-state index < -0.39 is 0 Å². The summed E-state index contributed by atoms with van der Waals surface area (Å²) in [6, 6.07) is 0.222. The molecule has 0 aliphatic heterocycles. The zero-order valence-corrected chi connectivity index (χ0v) is 6.86. The molecule has 1 unspecified atom stereocenters. The van der Waals surface area contributed by atoms with Gasteiger partial charge in [-0.3, -0.25) is 0 Å². The molecule has 0 aliphatic rings. The monoisotopic (exact) mass is 153 g/mol. The van der Waals surface area contributed by atoms with Gasteiger partial charge in [0.15, 0.2) is 0 Å². The van der Waals surface area contributed by atoms with Gasteiger partial charge in [0.1, 0.15) is 6.04 Å². The maximum absolute atomic E-state index is 8.57. The summed E-state index contributed by atoms with van der Waals surface area (Å²) in [6.45, 7) is 4.43. The molecule has 4 N–H and O–H groups in total. The number of hydrogen-bond donors (Lipinski definition) is 2. The van der Waals surface area contributed by atoms with Gasteiger partial charge in [0, 0.05) is 5.92 Å². The van der Waals surface area contributed by atoms with Gasteiger partial charge in [0.2, 0.25) is 0 Å². The van der Waals surface area contributed by atoms with E-state index in [0.29, 0.717) is 5.92 Å². The van der Waals surface area contributed by atoms with Crippen molar-refractivity contribution in [2.24, 2.45) is 5.92 Å². The molecular weight excluding hydrogens is 138 g/mol. The van der Waals surface area contributed by atoms with Crippen LogP contribution >= 0.6 is 0 Å². The highest BCUT2D eigenvalue weighted by Gasteiger charge is 2.11. The lowest BCUT2D eigenvalue weighted by Gasteiger charge is -2.10. The van der Waals surface area contributed by atoms with Crippen molar-refractivity contribution in [3.8, 4) is 0 Å². The summed E-state index contributed by atoms with van der Waals surface area (Å²) in [4.78, 5) is 0. The van der Waals surface area contributed by atoms with Crippen molar-refractivity contribution in [1.82, 2.24) is 0 Å². The van der Waals surface area contributed by atoms with E-state index in [-0.39, 0.29) is 25.1 Å². The molecule has 58 valence electrons. The molecule has 0 amide bonds. The van der Waals surface area contributed by atoms with Crippen LogP contribution in [-0.4, -0.2) is 17.8 Å². The van der Waals surface area contributed by atoms with E-state index in [1.54, 1.807) is 0 Å². The van der Waals surface area contributed by atoms with Gasteiger partial charge in [0.05, 0.1) is 6.61 Å². The maximum atomic E-state index is 8.57. The molecule has 0 radical (unpaired) electrons. The molecule has 2 atom stereocenters. The predicted molar refractivity (Wildman–Crippen MR) is 33.2 cm³/mol. The molecule has 2 nitrogen and oxygen atoms in total. The van der Waals surface area contributed by atoms with Gasteiger partial charge in [-0.2, -0.15) is 0 Å². The van der Waals surface area contributed by atoms with Crippen LogP contribution in [0.25, 0.3) is 0 Å². The summed E-state index contributed by atoms with van der Waals surface area (Å²) in [5, 5.41) is 8.57. The number of quaternary nitrogens is 1. The van der Waals surface area contributed by atoms with Crippen molar-refractivity contribution in [3.63, 3.8) is 0 Å². The molecule has 3 heteroatoms. The first-order valence-electron chi connectivity index (χ1n) is 3.16. The minimum atomic E-state index is 0. The zero-order chi connectivity index (χ0) is 6.57. The molecule has 0 heterocycles. The highest BCUT2D eigenvalue weighted by Crippen LogP contribution is 2.01. The van der Waals surface area contributed by atoms with Crippen LogP contribution in [-0.2, 0) is 0 Å². The fourth-order valence-electron chi connectivity index (χ4n) is 0.513. The Kier molecular flexibility index (Phi) is 8.40. The zero-order valence-electron chi connectivity index (χ0n) is 6.10. The Balaban J connectivity index is 0. The third-order valence-electron chi connectivity index (χ3n) is 1.68. The van der Waals surface area contributed by atoms with Gasteiger partial charge < -0.3 is 23.2 Å². The van der Waals surface area contributed by atoms with Crippen molar-refractivity contribution < 1.29 is 23.2 Å². The van der Waals surface area contributed by atoms with Crippen LogP contribution in [0.2, 0.25) is 0 Å². The van der Waals surface area contributed by atoms with E-state index in [9.17, 15) is 0 Å². The fourth-order valence-corrected chi connectivity index (χ4v) is 0.513. The number of rotatable bonds is 3. The normalized spacial score (nSPS) is 16.0. The molecule has 0 spiro atoms. The Bertz CT molecular complexity index is 53.0. The quantitative estimate of drug-likeness (QED) is 0.437. The summed E-state index contributed by atoms with van der Waals surface area (Å²) >= 11 is 0. The minimum Gasteiger partial charge on any atom is -1.00 e. The Morgan fingerprint density at radius 3 is 2.11 bits per heavy atom. The van der Waals surface area contributed by atoms with Crippen LogP contribution in [0.4, 0.5) is 0 Å². The highest BCUT2D eigenvalue weighted by atomic mass is 35.5. The summed E-state index contributed by atoms with van der Waals surface area (Å²) in [5.41, 5.74) is 3.78. The summed E-state index contributed by atoms with van der Waals surface area (Å²) < 4.78 is 0. The van der Waals surface area contributed by atoms with E-state index >= 15 is 0 Å².